The highest BCUT2D eigenvalue weighted by Crippen LogP contribution is 2.26. The molecule has 4 amide bonds. The number of rotatable bonds is 8. The molecule has 43 heavy (non-hydrogen) atoms. The molecular weight excluding hydrogens is 540 g/mol. The predicted molar refractivity (Wildman–Crippen MR) is 166 cm³/mol. The summed E-state index contributed by atoms with van der Waals surface area (Å²) in [6.07, 6.45) is 1.46. The third-order valence-corrected chi connectivity index (χ3v) is 7.19. The average molecular weight is 569 g/mol. The molecule has 1 aliphatic heterocycles. The van der Waals surface area contributed by atoms with E-state index >= 15 is 0 Å². The van der Waals surface area contributed by atoms with E-state index in [2.05, 4.69) is 23.5 Å². The number of barbiturate groups is 1. The number of urea groups is 1. The van der Waals surface area contributed by atoms with Gasteiger partial charge in [-0.3, -0.25) is 14.9 Å². The summed E-state index contributed by atoms with van der Waals surface area (Å²) in [5, 5.41) is 4.55. The van der Waals surface area contributed by atoms with Crippen molar-refractivity contribution in [3.63, 3.8) is 0 Å². The maximum atomic E-state index is 13.3. The molecule has 0 aliphatic carbocycles. The Kier molecular flexibility index (Phi) is 7.70. The monoisotopic (exact) mass is 568 g/mol. The van der Waals surface area contributed by atoms with Crippen LogP contribution in [-0.2, 0) is 22.8 Å². The Balaban J connectivity index is 1.13. The first kappa shape index (κ1) is 27.5. The Hall–Kier alpha value is -5.69. The van der Waals surface area contributed by atoms with Crippen LogP contribution in [0.25, 0.3) is 16.8 Å². The van der Waals surface area contributed by atoms with E-state index in [-0.39, 0.29) is 5.57 Å². The van der Waals surface area contributed by atoms with Crippen molar-refractivity contribution in [3.8, 4) is 11.5 Å². The van der Waals surface area contributed by atoms with Crippen molar-refractivity contribution in [1.82, 2.24) is 5.32 Å². The molecule has 0 bridgehead atoms. The first-order chi connectivity index (χ1) is 20.9. The van der Waals surface area contributed by atoms with Crippen molar-refractivity contribution in [2.75, 3.05) is 4.90 Å². The standard InChI is InChI=1S/C36H28N2O5/c1-24-9-11-26(12-10-24)22-42-31-19-15-29(16-20-31)38-35(40)33(34(39)37-36(38)41)21-25-13-17-30(18-14-25)43-23-28-7-4-6-27-5-2-3-8-32(27)28/h2-21H,22-23H2,1H3,(H,37,39,41)/b33-21+. The van der Waals surface area contributed by atoms with E-state index in [4.69, 9.17) is 9.47 Å². The normalized spacial score (nSPS) is 14.2. The van der Waals surface area contributed by atoms with Gasteiger partial charge in [0.2, 0.25) is 0 Å². The zero-order valence-corrected chi connectivity index (χ0v) is 23.4. The molecule has 1 fully saturated rings. The largest absolute Gasteiger partial charge is 0.489 e. The summed E-state index contributed by atoms with van der Waals surface area (Å²) in [5.41, 5.74) is 4.06. The highest BCUT2D eigenvalue weighted by Gasteiger charge is 2.36. The van der Waals surface area contributed by atoms with Gasteiger partial charge in [-0.15, -0.1) is 0 Å². The van der Waals surface area contributed by atoms with Gasteiger partial charge in [-0.1, -0.05) is 84.4 Å². The molecule has 0 aromatic heterocycles. The van der Waals surface area contributed by atoms with E-state index in [1.54, 1.807) is 48.5 Å². The Morgan fingerprint density at radius 1 is 0.698 bits per heavy atom. The first-order valence-electron chi connectivity index (χ1n) is 13.8. The molecular formula is C36H28N2O5. The molecule has 0 unspecified atom stereocenters. The van der Waals surface area contributed by atoms with Crippen LogP contribution in [-0.4, -0.2) is 17.8 Å². The number of benzene rings is 5. The van der Waals surface area contributed by atoms with Crippen LogP contribution in [0, 0.1) is 6.92 Å². The summed E-state index contributed by atoms with van der Waals surface area (Å²) in [4.78, 5) is 39.6. The molecule has 1 aliphatic rings. The van der Waals surface area contributed by atoms with E-state index in [1.165, 1.54) is 11.6 Å². The van der Waals surface area contributed by atoms with E-state index in [0.29, 0.717) is 36.0 Å². The van der Waals surface area contributed by atoms with Crippen LogP contribution >= 0.6 is 0 Å². The van der Waals surface area contributed by atoms with Crippen LogP contribution in [0.2, 0.25) is 0 Å². The molecule has 0 atom stereocenters. The van der Waals surface area contributed by atoms with Crippen LogP contribution < -0.4 is 19.7 Å². The third-order valence-electron chi connectivity index (χ3n) is 7.19. The van der Waals surface area contributed by atoms with E-state index in [1.807, 2.05) is 55.5 Å². The Morgan fingerprint density at radius 2 is 1.35 bits per heavy atom. The number of ether oxygens (including phenoxy) is 2. The summed E-state index contributed by atoms with van der Waals surface area (Å²) in [5.74, 6) is -0.223. The Morgan fingerprint density at radius 3 is 2.09 bits per heavy atom. The molecule has 1 saturated heterocycles. The smallest absolute Gasteiger partial charge is 0.335 e. The van der Waals surface area contributed by atoms with Gasteiger partial charge in [0.1, 0.15) is 30.3 Å². The molecule has 212 valence electrons. The van der Waals surface area contributed by atoms with Crippen molar-refractivity contribution in [1.29, 1.82) is 0 Å². The van der Waals surface area contributed by atoms with Gasteiger partial charge in [0.05, 0.1) is 5.69 Å². The van der Waals surface area contributed by atoms with Gasteiger partial charge >= 0.3 is 6.03 Å². The van der Waals surface area contributed by atoms with Gasteiger partial charge in [-0.25, -0.2) is 9.69 Å². The lowest BCUT2D eigenvalue weighted by Gasteiger charge is -2.26. The average Bonchev–Trinajstić information content (AvgIpc) is 3.03. The topological polar surface area (TPSA) is 84.9 Å². The van der Waals surface area contributed by atoms with Gasteiger partial charge in [0.15, 0.2) is 0 Å². The summed E-state index contributed by atoms with van der Waals surface area (Å²) in [6, 6.07) is 35.1. The zero-order chi connectivity index (χ0) is 29.8. The minimum Gasteiger partial charge on any atom is -0.489 e. The van der Waals surface area contributed by atoms with Crippen molar-refractivity contribution < 1.29 is 23.9 Å². The lowest BCUT2D eigenvalue weighted by atomic mass is 10.1. The van der Waals surface area contributed by atoms with Gasteiger partial charge in [-0.2, -0.15) is 0 Å². The fraction of sp³-hybridized carbons (Fsp3) is 0.0833. The second-order valence-corrected chi connectivity index (χ2v) is 10.2. The molecule has 1 heterocycles. The van der Waals surface area contributed by atoms with Crippen LogP contribution in [0.3, 0.4) is 0 Å². The molecule has 6 rings (SSSR count). The minimum absolute atomic E-state index is 0.149. The molecule has 0 spiro atoms. The van der Waals surface area contributed by atoms with E-state index in [9.17, 15) is 14.4 Å². The number of aryl methyl sites for hydroxylation is 1. The fourth-order valence-electron chi connectivity index (χ4n) is 4.84. The molecule has 7 nitrogen and oxygen atoms in total. The van der Waals surface area contributed by atoms with Gasteiger partial charge in [0.25, 0.3) is 11.8 Å². The summed E-state index contributed by atoms with van der Waals surface area (Å²) in [6.45, 7) is 2.81. The molecule has 5 aromatic carbocycles. The lowest BCUT2D eigenvalue weighted by molar-refractivity contribution is -0.122. The summed E-state index contributed by atoms with van der Waals surface area (Å²) < 4.78 is 11.8. The number of anilines is 1. The number of nitrogens with one attached hydrogen (secondary N) is 1. The van der Waals surface area contributed by atoms with Crippen molar-refractivity contribution in [3.05, 3.63) is 143 Å². The van der Waals surface area contributed by atoms with E-state index < -0.39 is 17.8 Å². The Bertz CT molecular complexity index is 1840. The Labute approximate surface area is 249 Å². The number of amides is 4. The maximum Gasteiger partial charge on any atom is 0.335 e. The molecule has 0 saturated carbocycles. The highest BCUT2D eigenvalue weighted by molar-refractivity contribution is 6.39. The number of fused-ring (bicyclic) bond motifs is 1. The number of carbonyl (C=O) groups is 3. The SMILES string of the molecule is Cc1ccc(COc2ccc(N3C(=O)NC(=O)/C(=C\c4ccc(OCc5cccc6ccccc56)cc4)C3=O)cc2)cc1. The summed E-state index contributed by atoms with van der Waals surface area (Å²) >= 11 is 0. The number of carbonyl (C=O) groups excluding carboxylic acids is 3. The van der Waals surface area contributed by atoms with Gasteiger partial charge in [0, 0.05) is 0 Å². The van der Waals surface area contributed by atoms with Crippen LogP contribution in [0.1, 0.15) is 22.3 Å². The highest BCUT2D eigenvalue weighted by atomic mass is 16.5. The molecule has 5 aromatic rings. The zero-order valence-electron chi connectivity index (χ0n) is 23.4. The number of nitrogens with zero attached hydrogens (tertiary/aromatic N) is 1. The second kappa shape index (κ2) is 12.0. The minimum atomic E-state index is -0.808. The second-order valence-electron chi connectivity index (χ2n) is 10.2. The van der Waals surface area contributed by atoms with Gasteiger partial charge in [-0.05, 0) is 76.9 Å². The van der Waals surface area contributed by atoms with Crippen LogP contribution in [0.4, 0.5) is 10.5 Å². The third kappa shape index (κ3) is 6.16. The predicted octanol–water partition coefficient (Wildman–Crippen LogP) is 6.97. The molecule has 0 radical (unpaired) electrons. The first-order valence-corrected chi connectivity index (χ1v) is 13.8. The molecule has 7 heteroatoms. The van der Waals surface area contributed by atoms with Crippen molar-refractivity contribution in [2.45, 2.75) is 20.1 Å². The number of hydrogen-bond donors (Lipinski definition) is 1. The van der Waals surface area contributed by atoms with Crippen molar-refractivity contribution in [2.24, 2.45) is 0 Å². The summed E-state index contributed by atoms with van der Waals surface area (Å²) in [7, 11) is 0. The maximum absolute atomic E-state index is 13.3. The van der Waals surface area contributed by atoms with Crippen LogP contribution in [0.5, 0.6) is 11.5 Å². The number of imide groups is 2. The number of hydrogen-bond acceptors (Lipinski definition) is 5. The van der Waals surface area contributed by atoms with Crippen molar-refractivity contribution >= 4 is 40.4 Å². The molecule has 1 N–H and O–H groups in total. The van der Waals surface area contributed by atoms with Gasteiger partial charge < -0.3 is 9.47 Å². The quantitative estimate of drug-likeness (QED) is 0.161. The fourth-order valence-corrected chi connectivity index (χ4v) is 4.84. The lowest BCUT2D eigenvalue weighted by Crippen LogP contribution is -2.54. The van der Waals surface area contributed by atoms with Crippen LogP contribution in [0.15, 0.2) is 121 Å². The van der Waals surface area contributed by atoms with E-state index in [0.717, 1.165) is 26.8 Å².